The quantitative estimate of drug-likeness (QED) is 0.846. The van der Waals surface area contributed by atoms with E-state index in [1.54, 1.807) is 24.3 Å². The number of amides is 2. The van der Waals surface area contributed by atoms with Gasteiger partial charge in [-0.15, -0.1) is 0 Å². The van der Waals surface area contributed by atoms with Crippen LogP contribution in [0.3, 0.4) is 0 Å². The Morgan fingerprint density at radius 3 is 2.90 bits per heavy atom. The van der Waals surface area contributed by atoms with Crippen LogP contribution in [0.1, 0.15) is 16.8 Å². The summed E-state index contributed by atoms with van der Waals surface area (Å²) in [6.45, 7) is 0.566. The minimum Gasteiger partial charge on any atom is -0.385 e. The summed E-state index contributed by atoms with van der Waals surface area (Å²) in [5, 5.41) is 10.9. The van der Waals surface area contributed by atoms with Crippen LogP contribution in [-0.2, 0) is 9.53 Å². The Hall–Kier alpha value is -1.63. The number of hydrogen-bond acceptors (Lipinski definition) is 4. The van der Waals surface area contributed by atoms with E-state index < -0.39 is 11.5 Å². The highest BCUT2D eigenvalue weighted by atomic mass is 35.5. The molecular weight excluding hydrogens is 296 g/mol. The Bertz CT molecular complexity index is 552. The first kappa shape index (κ1) is 15.8. The first-order valence-corrected chi connectivity index (χ1v) is 6.91. The molecule has 0 radical (unpaired) electrons. The maximum absolute atomic E-state index is 12.5. The molecule has 0 aromatic heterocycles. The topological polar surface area (TPSA) is 92.9 Å². The van der Waals surface area contributed by atoms with E-state index in [9.17, 15) is 14.7 Å². The first-order chi connectivity index (χ1) is 9.89. The van der Waals surface area contributed by atoms with Gasteiger partial charge in [0, 0.05) is 17.1 Å². The third-order valence-electron chi connectivity index (χ3n) is 3.22. The number of nitrogens with zero attached hydrogens (tertiary/aromatic N) is 1. The molecule has 114 valence electrons. The van der Waals surface area contributed by atoms with Crippen molar-refractivity contribution in [2.24, 2.45) is 5.73 Å². The predicted octanol–water partition coefficient (Wildman–Crippen LogP) is 0.419. The summed E-state index contributed by atoms with van der Waals surface area (Å²) in [5.74, 6) is -0.913. The second-order valence-electron chi connectivity index (χ2n) is 5.16. The predicted molar refractivity (Wildman–Crippen MR) is 76.9 cm³/mol. The van der Waals surface area contributed by atoms with Gasteiger partial charge in [0.1, 0.15) is 5.60 Å². The summed E-state index contributed by atoms with van der Waals surface area (Å²) in [6, 6.07) is 6.56. The normalized spacial score (nSPS) is 22.7. The van der Waals surface area contributed by atoms with Crippen LogP contribution < -0.4 is 5.73 Å². The molecule has 21 heavy (non-hydrogen) atoms. The highest BCUT2D eigenvalue weighted by Gasteiger charge is 2.36. The molecule has 6 nitrogen and oxygen atoms in total. The van der Waals surface area contributed by atoms with E-state index in [2.05, 4.69) is 0 Å². The SMILES string of the molecule is NC(=O)C[C@]1(O)COCCN(C(=O)c2cccc(Cl)c2)C1. The van der Waals surface area contributed by atoms with Gasteiger partial charge in [-0.1, -0.05) is 17.7 Å². The van der Waals surface area contributed by atoms with Crippen molar-refractivity contribution in [2.45, 2.75) is 12.0 Å². The minimum atomic E-state index is -1.46. The van der Waals surface area contributed by atoms with Crippen LogP contribution in [0.5, 0.6) is 0 Å². The average molecular weight is 313 g/mol. The second-order valence-corrected chi connectivity index (χ2v) is 5.59. The Balaban J connectivity index is 2.17. The molecule has 0 bridgehead atoms. The lowest BCUT2D eigenvalue weighted by Crippen LogP contribution is -2.48. The van der Waals surface area contributed by atoms with Gasteiger partial charge in [0.05, 0.1) is 26.2 Å². The van der Waals surface area contributed by atoms with Gasteiger partial charge in [0.2, 0.25) is 5.91 Å². The number of aliphatic hydroxyl groups is 1. The summed E-state index contributed by atoms with van der Waals surface area (Å²) >= 11 is 5.88. The van der Waals surface area contributed by atoms with E-state index in [4.69, 9.17) is 22.1 Å². The molecule has 0 spiro atoms. The number of benzene rings is 1. The van der Waals surface area contributed by atoms with Gasteiger partial charge in [-0.05, 0) is 18.2 Å². The van der Waals surface area contributed by atoms with Crippen molar-refractivity contribution in [3.05, 3.63) is 34.9 Å². The third kappa shape index (κ3) is 4.17. The highest BCUT2D eigenvalue weighted by Crippen LogP contribution is 2.19. The fourth-order valence-corrected chi connectivity index (χ4v) is 2.52. The molecule has 7 heteroatoms. The fourth-order valence-electron chi connectivity index (χ4n) is 2.33. The molecule has 2 rings (SSSR count). The summed E-state index contributed by atoms with van der Waals surface area (Å²) in [4.78, 5) is 25.0. The fraction of sp³-hybridized carbons (Fsp3) is 0.429. The summed E-state index contributed by atoms with van der Waals surface area (Å²) < 4.78 is 5.27. The number of halogens is 1. The summed E-state index contributed by atoms with van der Waals surface area (Å²) in [7, 11) is 0. The van der Waals surface area contributed by atoms with Crippen molar-refractivity contribution < 1.29 is 19.4 Å². The van der Waals surface area contributed by atoms with E-state index in [-0.39, 0.29) is 32.1 Å². The Morgan fingerprint density at radius 1 is 1.48 bits per heavy atom. The number of ether oxygens (including phenoxy) is 1. The largest absolute Gasteiger partial charge is 0.385 e. The zero-order chi connectivity index (χ0) is 15.5. The number of hydrogen-bond donors (Lipinski definition) is 2. The molecule has 1 fully saturated rings. The van der Waals surface area contributed by atoms with Crippen LogP contribution in [0.25, 0.3) is 0 Å². The molecule has 1 aromatic rings. The molecular formula is C14H17ClN2O4. The van der Waals surface area contributed by atoms with E-state index in [1.165, 1.54) is 4.90 Å². The van der Waals surface area contributed by atoms with Gasteiger partial charge in [0.15, 0.2) is 0 Å². The second kappa shape index (κ2) is 6.43. The molecule has 1 saturated heterocycles. The zero-order valence-electron chi connectivity index (χ0n) is 11.4. The van der Waals surface area contributed by atoms with Gasteiger partial charge >= 0.3 is 0 Å². The van der Waals surface area contributed by atoms with Gasteiger partial charge < -0.3 is 20.5 Å². The van der Waals surface area contributed by atoms with Crippen molar-refractivity contribution >= 4 is 23.4 Å². The van der Waals surface area contributed by atoms with Crippen molar-refractivity contribution in [1.82, 2.24) is 4.90 Å². The van der Waals surface area contributed by atoms with E-state index in [0.717, 1.165) is 0 Å². The lowest BCUT2D eigenvalue weighted by Gasteiger charge is -2.29. The van der Waals surface area contributed by atoms with Crippen molar-refractivity contribution in [3.63, 3.8) is 0 Å². The maximum atomic E-state index is 12.5. The van der Waals surface area contributed by atoms with Gasteiger partial charge in [-0.3, -0.25) is 9.59 Å². The number of carbonyl (C=O) groups is 2. The van der Waals surface area contributed by atoms with Gasteiger partial charge in [-0.2, -0.15) is 0 Å². The number of carbonyl (C=O) groups excluding carboxylic acids is 2. The molecule has 0 saturated carbocycles. The number of β-amino-alcohol motifs (C(OH)–C–C–N with tert-alkyl or cyclic N) is 1. The van der Waals surface area contributed by atoms with Crippen molar-refractivity contribution in [3.8, 4) is 0 Å². The highest BCUT2D eigenvalue weighted by molar-refractivity contribution is 6.30. The summed E-state index contributed by atoms with van der Waals surface area (Å²) in [6.07, 6.45) is -0.258. The van der Waals surface area contributed by atoms with Crippen molar-refractivity contribution in [1.29, 1.82) is 0 Å². The van der Waals surface area contributed by atoms with Crippen LogP contribution in [0.2, 0.25) is 5.02 Å². The van der Waals surface area contributed by atoms with E-state index in [0.29, 0.717) is 17.1 Å². The number of nitrogens with two attached hydrogens (primary N) is 1. The van der Waals surface area contributed by atoms with Crippen LogP contribution in [0.4, 0.5) is 0 Å². The van der Waals surface area contributed by atoms with Crippen LogP contribution in [0, 0.1) is 0 Å². The van der Waals surface area contributed by atoms with E-state index in [1.807, 2.05) is 0 Å². The van der Waals surface area contributed by atoms with E-state index >= 15 is 0 Å². The molecule has 1 heterocycles. The zero-order valence-corrected chi connectivity index (χ0v) is 12.2. The first-order valence-electron chi connectivity index (χ1n) is 6.53. The molecule has 0 unspecified atom stereocenters. The molecule has 1 atom stereocenters. The minimum absolute atomic E-state index is 0.0126. The monoisotopic (exact) mass is 312 g/mol. The standard InChI is InChI=1S/C14H17ClN2O4/c15-11-3-1-2-10(6-11)13(19)17-4-5-21-9-14(20,8-17)7-12(16)18/h1-3,6,20H,4-5,7-9H2,(H2,16,18)/t14-/m1/s1. The molecule has 3 N–H and O–H groups in total. The van der Waals surface area contributed by atoms with Crippen molar-refractivity contribution in [2.75, 3.05) is 26.3 Å². The third-order valence-corrected chi connectivity index (χ3v) is 3.46. The lowest BCUT2D eigenvalue weighted by molar-refractivity contribution is -0.125. The van der Waals surface area contributed by atoms with Crippen LogP contribution in [0.15, 0.2) is 24.3 Å². The molecule has 0 aliphatic carbocycles. The van der Waals surface area contributed by atoms with Gasteiger partial charge in [0.25, 0.3) is 5.91 Å². The maximum Gasteiger partial charge on any atom is 0.254 e. The summed E-state index contributed by atoms with van der Waals surface area (Å²) in [5.41, 5.74) is 4.10. The Kier molecular flexibility index (Phi) is 4.82. The van der Waals surface area contributed by atoms with Crippen LogP contribution >= 0.6 is 11.6 Å². The molecule has 1 aliphatic heterocycles. The number of primary amides is 1. The smallest absolute Gasteiger partial charge is 0.254 e. The average Bonchev–Trinajstić information content (AvgIpc) is 2.59. The molecule has 1 aromatic carbocycles. The lowest BCUT2D eigenvalue weighted by atomic mass is 9.99. The number of rotatable bonds is 3. The molecule has 2 amide bonds. The Labute approximate surface area is 127 Å². The Morgan fingerprint density at radius 2 is 2.24 bits per heavy atom. The molecule has 1 aliphatic rings. The van der Waals surface area contributed by atoms with Gasteiger partial charge in [-0.25, -0.2) is 0 Å². The van der Waals surface area contributed by atoms with Crippen LogP contribution in [-0.4, -0.2) is 53.7 Å².